The number of ether oxygens (including phenoxy) is 1. The first-order chi connectivity index (χ1) is 11.1. The Balaban J connectivity index is 1.88. The Bertz CT molecular complexity index is 657. The lowest BCUT2D eigenvalue weighted by Crippen LogP contribution is -2.25. The number of carbonyl (C=O) groups excluding carboxylic acids is 2. The molecule has 2 rings (SSSR count). The average Bonchev–Trinajstić information content (AvgIpc) is 2.60. The molecule has 6 heteroatoms. The van der Waals surface area contributed by atoms with Crippen molar-refractivity contribution >= 4 is 23.4 Å². The van der Waals surface area contributed by atoms with E-state index in [2.05, 4.69) is 15.0 Å². The van der Waals surface area contributed by atoms with Crippen LogP contribution in [0.25, 0.3) is 0 Å². The predicted molar refractivity (Wildman–Crippen MR) is 88.4 cm³/mol. The van der Waals surface area contributed by atoms with E-state index in [0.29, 0.717) is 24.2 Å². The smallest absolute Gasteiger partial charge is 0.413 e. The molecule has 0 aliphatic carbocycles. The fraction of sp³-hybridized carbons (Fsp3) is 0.235. The minimum atomic E-state index is -0.446. The fourth-order valence-corrected chi connectivity index (χ4v) is 2.04. The summed E-state index contributed by atoms with van der Waals surface area (Å²) < 4.78 is 4.65. The molecule has 0 aliphatic heterocycles. The van der Waals surface area contributed by atoms with E-state index in [1.807, 2.05) is 12.1 Å². The Labute approximate surface area is 135 Å². The zero-order valence-electron chi connectivity index (χ0n) is 13.2. The number of hydrogen-bond donors (Lipinski definition) is 1. The van der Waals surface area contributed by atoms with E-state index in [1.165, 1.54) is 12.0 Å². The lowest BCUT2D eigenvalue weighted by Gasteiger charge is -2.15. The number of aryl methyl sites for hydroxylation is 1. The van der Waals surface area contributed by atoms with Crippen LogP contribution in [-0.4, -0.2) is 31.1 Å². The van der Waals surface area contributed by atoms with E-state index in [1.54, 1.807) is 43.7 Å². The molecule has 0 saturated heterocycles. The van der Waals surface area contributed by atoms with Crippen molar-refractivity contribution < 1.29 is 14.3 Å². The molecule has 0 saturated carbocycles. The number of nitrogens with one attached hydrogen (secondary N) is 1. The zero-order chi connectivity index (χ0) is 16.7. The van der Waals surface area contributed by atoms with Crippen LogP contribution in [0.1, 0.15) is 12.0 Å². The van der Waals surface area contributed by atoms with Gasteiger partial charge in [-0.05, 0) is 42.3 Å². The Morgan fingerprint density at radius 1 is 1.22 bits per heavy atom. The molecule has 0 bridgehead atoms. The lowest BCUT2D eigenvalue weighted by molar-refractivity contribution is -0.116. The van der Waals surface area contributed by atoms with E-state index in [-0.39, 0.29) is 5.91 Å². The average molecular weight is 313 g/mol. The second-order valence-electron chi connectivity index (χ2n) is 4.99. The van der Waals surface area contributed by atoms with Gasteiger partial charge in [0.2, 0.25) is 5.91 Å². The number of hydrogen-bond acceptors (Lipinski definition) is 4. The predicted octanol–water partition coefficient (Wildman–Crippen LogP) is 2.86. The van der Waals surface area contributed by atoms with Crippen LogP contribution in [0.5, 0.6) is 0 Å². The Morgan fingerprint density at radius 2 is 1.96 bits per heavy atom. The third-order valence-corrected chi connectivity index (χ3v) is 3.35. The molecule has 6 nitrogen and oxygen atoms in total. The maximum absolute atomic E-state index is 11.9. The highest BCUT2D eigenvalue weighted by Gasteiger charge is 2.10. The molecular formula is C17H19N3O3. The second-order valence-corrected chi connectivity index (χ2v) is 4.99. The van der Waals surface area contributed by atoms with Gasteiger partial charge in [-0.2, -0.15) is 0 Å². The number of benzene rings is 1. The number of nitrogens with zero attached hydrogens (tertiary/aromatic N) is 2. The van der Waals surface area contributed by atoms with Gasteiger partial charge in [-0.3, -0.25) is 14.7 Å². The monoisotopic (exact) mass is 313 g/mol. The number of amides is 2. The molecule has 1 aromatic carbocycles. The van der Waals surface area contributed by atoms with Gasteiger partial charge in [0, 0.05) is 37.2 Å². The molecule has 1 heterocycles. The highest BCUT2D eigenvalue weighted by atomic mass is 16.5. The van der Waals surface area contributed by atoms with Crippen LogP contribution in [0.2, 0.25) is 0 Å². The number of pyridine rings is 1. The molecule has 1 aromatic heterocycles. The largest absolute Gasteiger partial charge is 0.452 e. The zero-order valence-corrected chi connectivity index (χ0v) is 13.2. The highest BCUT2D eigenvalue weighted by molar-refractivity contribution is 5.92. The molecule has 0 unspecified atom stereocenters. The summed E-state index contributed by atoms with van der Waals surface area (Å²) in [6.07, 6.45) is 4.04. The maximum Gasteiger partial charge on any atom is 0.413 e. The van der Waals surface area contributed by atoms with Gasteiger partial charge < -0.3 is 10.1 Å². The highest BCUT2D eigenvalue weighted by Crippen LogP contribution is 2.17. The summed E-state index contributed by atoms with van der Waals surface area (Å²) in [6, 6.07) is 10.8. The van der Waals surface area contributed by atoms with E-state index >= 15 is 0 Å². The second kappa shape index (κ2) is 7.93. The van der Waals surface area contributed by atoms with E-state index in [0.717, 1.165) is 5.56 Å². The van der Waals surface area contributed by atoms with Crippen molar-refractivity contribution in [3.8, 4) is 0 Å². The van der Waals surface area contributed by atoms with Gasteiger partial charge in [0.05, 0.1) is 7.11 Å². The van der Waals surface area contributed by atoms with E-state index in [9.17, 15) is 9.59 Å². The first-order valence-corrected chi connectivity index (χ1v) is 7.20. The van der Waals surface area contributed by atoms with E-state index < -0.39 is 6.09 Å². The van der Waals surface area contributed by atoms with Gasteiger partial charge in [0.1, 0.15) is 0 Å². The molecule has 23 heavy (non-hydrogen) atoms. The first-order valence-electron chi connectivity index (χ1n) is 7.20. The normalized spacial score (nSPS) is 10.0. The topological polar surface area (TPSA) is 71.5 Å². The molecule has 0 atom stereocenters. The number of anilines is 2. The summed E-state index contributed by atoms with van der Waals surface area (Å²) in [6.45, 7) is 0. The number of aromatic nitrogens is 1. The summed E-state index contributed by atoms with van der Waals surface area (Å²) in [5, 5.41) is 2.83. The van der Waals surface area contributed by atoms with Crippen LogP contribution in [0.3, 0.4) is 0 Å². The van der Waals surface area contributed by atoms with Crippen molar-refractivity contribution in [2.75, 3.05) is 24.4 Å². The number of carbonyl (C=O) groups is 2. The maximum atomic E-state index is 11.9. The summed E-state index contributed by atoms with van der Waals surface area (Å²) in [4.78, 5) is 28.8. The molecule has 1 N–H and O–H groups in total. The van der Waals surface area contributed by atoms with Crippen molar-refractivity contribution in [2.24, 2.45) is 0 Å². The molecule has 0 aliphatic rings. The van der Waals surface area contributed by atoms with Gasteiger partial charge in [-0.15, -0.1) is 0 Å². The lowest BCUT2D eigenvalue weighted by atomic mass is 10.1. The summed E-state index contributed by atoms with van der Waals surface area (Å²) >= 11 is 0. The summed E-state index contributed by atoms with van der Waals surface area (Å²) in [7, 11) is 2.95. The Kier molecular flexibility index (Phi) is 5.68. The molecule has 0 spiro atoms. The molecule has 0 radical (unpaired) electrons. The molecule has 2 amide bonds. The van der Waals surface area contributed by atoms with Crippen LogP contribution in [0, 0.1) is 0 Å². The third-order valence-electron chi connectivity index (χ3n) is 3.35. The summed E-state index contributed by atoms with van der Waals surface area (Å²) in [5.41, 5.74) is 2.39. The summed E-state index contributed by atoms with van der Waals surface area (Å²) in [5.74, 6) is -0.0667. The standard InChI is InChI=1S/C17H19N3O3/c1-20(17(22)23-2)15-8-6-14(7-9-15)19-16(21)10-5-13-4-3-11-18-12-13/h3-4,6-9,11-12H,5,10H2,1-2H3,(H,19,21). The quantitative estimate of drug-likeness (QED) is 0.921. The van der Waals surface area contributed by atoms with Gasteiger partial charge in [0.25, 0.3) is 0 Å². The Morgan fingerprint density at radius 3 is 2.57 bits per heavy atom. The van der Waals surface area contributed by atoms with Gasteiger partial charge in [-0.25, -0.2) is 4.79 Å². The number of rotatable bonds is 5. The van der Waals surface area contributed by atoms with E-state index in [4.69, 9.17) is 0 Å². The third kappa shape index (κ3) is 4.81. The minimum absolute atomic E-state index is 0.0667. The molecule has 0 fully saturated rings. The van der Waals surface area contributed by atoms with Crippen LogP contribution in [0.4, 0.5) is 16.2 Å². The van der Waals surface area contributed by atoms with Crippen molar-refractivity contribution in [3.63, 3.8) is 0 Å². The van der Waals surface area contributed by atoms with Crippen molar-refractivity contribution in [3.05, 3.63) is 54.4 Å². The Hall–Kier alpha value is -2.89. The molecule has 2 aromatic rings. The minimum Gasteiger partial charge on any atom is -0.452 e. The fourth-order valence-electron chi connectivity index (χ4n) is 2.04. The van der Waals surface area contributed by atoms with Gasteiger partial charge in [-0.1, -0.05) is 6.07 Å². The van der Waals surface area contributed by atoms with Gasteiger partial charge >= 0.3 is 6.09 Å². The van der Waals surface area contributed by atoms with Crippen LogP contribution in [0.15, 0.2) is 48.8 Å². The van der Waals surface area contributed by atoms with Crippen LogP contribution >= 0.6 is 0 Å². The van der Waals surface area contributed by atoms with Crippen molar-refractivity contribution in [2.45, 2.75) is 12.8 Å². The van der Waals surface area contributed by atoms with Crippen LogP contribution in [-0.2, 0) is 16.0 Å². The number of methoxy groups -OCH3 is 1. The van der Waals surface area contributed by atoms with Crippen molar-refractivity contribution in [1.82, 2.24) is 4.98 Å². The molecular weight excluding hydrogens is 294 g/mol. The van der Waals surface area contributed by atoms with Gasteiger partial charge in [0.15, 0.2) is 0 Å². The molecule has 120 valence electrons. The van der Waals surface area contributed by atoms with Crippen LogP contribution < -0.4 is 10.2 Å². The van der Waals surface area contributed by atoms with Crippen molar-refractivity contribution in [1.29, 1.82) is 0 Å². The SMILES string of the molecule is COC(=O)N(C)c1ccc(NC(=O)CCc2cccnc2)cc1. The first kappa shape index (κ1) is 16.5.